The van der Waals surface area contributed by atoms with Crippen molar-refractivity contribution in [2.45, 2.75) is 32.6 Å². The highest BCUT2D eigenvalue weighted by atomic mass is 16.5. The number of rotatable bonds is 5. The van der Waals surface area contributed by atoms with Gasteiger partial charge >= 0.3 is 5.97 Å². The molecule has 0 saturated carbocycles. The summed E-state index contributed by atoms with van der Waals surface area (Å²) in [6, 6.07) is 10.2. The number of benzene rings is 1. The Morgan fingerprint density at radius 1 is 1.21 bits per heavy atom. The highest BCUT2D eigenvalue weighted by Gasteiger charge is 2.30. The first kappa shape index (κ1) is 21.2. The highest BCUT2D eigenvalue weighted by Crippen LogP contribution is 2.37. The molecule has 1 fully saturated rings. The topological polar surface area (TPSA) is 88.9 Å². The summed E-state index contributed by atoms with van der Waals surface area (Å²) in [5, 5.41) is 5.47. The maximum Gasteiger partial charge on any atom is 0.341 e. The van der Waals surface area contributed by atoms with Gasteiger partial charge in [0.1, 0.15) is 11.4 Å². The van der Waals surface area contributed by atoms with Crippen molar-refractivity contribution in [1.82, 2.24) is 24.7 Å². The quantitative estimate of drug-likeness (QED) is 0.464. The number of carbonyl (C=O) groups excluding carboxylic acids is 1. The third-order valence-electron chi connectivity index (χ3n) is 6.30. The molecule has 170 valence electrons. The number of nitrogens with one attached hydrogen (secondary N) is 1. The second-order valence-corrected chi connectivity index (χ2v) is 8.48. The molecule has 0 aliphatic carbocycles. The predicted octanol–water partition coefficient (Wildman–Crippen LogP) is 4.23. The summed E-state index contributed by atoms with van der Waals surface area (Å²) in [5.41, 5.74) is 5.11. The molecule has 5 rings (SSSR count). The number of anilines is 1. The number of carbonyl (C=O) groups is 1. The number of aromatic nitrogens is 5. The number of H-pyrrole nitrogens is 1. The lowest BCUT2D eigenvalue weighted by Gasteiger charge is -2.35. The number of hydrogen-bond acceptors (Lipinski definition) is 6. The molecule has 8 heteroatoms. The van der Waals surface area contributed by atoms with Crippen LogP contribution in [0, 0.1) is 6.92 Å². The van der Waals surface area contributed by atoms with E-state index in [0.717, 1.165) is 65.4 Å². The Hall–Kier alpha value is -3.68. The zero-order valence-electron chi connectivity index (χ0n) is 19.2. The molecule has 0 radical (unpaired) electrons. The van der Waals surface area contributed by atoms with Crippen molar-refractivity contribution >= 4 is 22.7 Å². The molecule has 0 amide bonds. The Kier molecular flexibility index (Phi) is 5.58. The molecule has 33 heavy (non-hydrogen) atoms. The molecule has 1 unspecified atom stereocenters. The van der Waals surface area contributed by atoms with Gasteiger partial charge in [-0.05, 0) is 32.3 Å². The summed E-state index contributed by atoms with van der Waals surface area (Å²) in [7, 11) is 1.88. The van der Waals surface area contributed by atoms with Crippen LogP contribution in [0.1, 0.15) is 47.6 Å². The zero-order valence-corrected chi connectivity index (χ0v) is 19.2. The molecule has 1 saturated heterocycles. The maximum absolute atomic E-state index is 12.8. The van der Waals surface area contributed by atoms with Crippen molar-refractivity contribution in [1.29, 1.82) is 0 Å². The summed E-state index contributed by atoms with van der Waals surface area (Å²) >= 11 is 0. The SMILES string of the molecule is CCOC(=O)c1cnc2c(c(C)nn2C)c1N1CCCC(c2ncc(-c3ccccc3)[nH]2)C1. The molecule has 4 heterocycles. The Bertz CT molecular complexity index is 1290. The van der Waals surface area contributed by atoms with Gasteiger partial charge in [-0.1, -0.05) is 30.3 Å². The van der Waals surface area contributed by atoms with Crippen LogP contribution in [0.25, 0.3) is 22.3 Å². The van der Waals surface area contributed by atoms with Crippen molar-refractivity contribution < 1.29 is 9.53 Å². The van der Waals surface area contributed by atoms with Gasteiger partial charge in [-0.2, -0.15) is 5.10 Å². The van der Waals surface area contributed by atoms with Crippen LogP contribution in [-0.4, -0.2) is 50.4 Å². The molecular weight excluding hydrogens is 416 g/mol. The molecule has 1 aliphatic rings. The standard InChI is InChI=1S/C25H28N6O2/c1-4-33-25(32)19-13-27-24-21(16(2)29-30(24)3)22(19)31-12-8-11-18(15-31)23-26-14-20(28-23)17-9-6-5-7-10-17/h5-7,9-10,13-14,18H,4,8,11-12,15H2,1-3H3,(H,26,28). The van der Waals surface area contributed by atoms with Gasteiger partial charge in [0, 0.05) is 32.3 Å². The van der Waals surface area contributed by atoms with E-state index >= 15 is 0 Å². The summed E-state index contributed by atoms with van der Waals surface area (Å²) in [4.78, 5) is 27.9. The van der Waals surface area contributed by atoms with Crippen molar-refractivity contribution in [3.8, 4) is 11.3 Å². The fourth-order valence-electron chi connectivity index (χ4n) is 4.79. The molecule has 0 bridgehead atoms. The molecule has 0 spiro atoms. The molecule has 1 aliphatic heterocycles. The number of imidazole rings is 1. The minimum Gasteiger partial charge on any atom is -0.462 e. The number of ether oxygens (including phenoxy) is 1. The van der Waals surface area contributed by atoms with Crippen LogP contribution in [0.4, 0.5) is 5.69 Å². The normalized spacial score (nSPS) is 16.3. The lowest BCUT2D eigenvalue weighted by atomic mass is 9.95. The summed E-state index contributed by atoms with van der Waals surface area (Å²) in [6.07, 6.45) is 5.56. The van der Waals surface area contributed by atoms with E-state index in [1.165, 1.54) is 0 Å². The van der Waals surface area contributed by atoms with Crippen LogP contribution in [0.5, 0.6) is 0 Å². The third kappa shape index (κ3) is 3.86. The lowest BCUT2D eigenvalue weighted by molar-refractivity contribution is 0.0526. The minimum atomic E-state index is -0.350. The number of piperidine rings is 1. The Morgan fingerprint density at radius 2 is 2.03 bits per heavy atom. The number of aromatic amines is 1. The first-order chi connectivity index (χ1) is 16.1. The van der Waals surface area contributed by atoms with Crippen molar-refractivity contribution in [3.63, 3.8) is 0 Å². The van der Waals surface area contributed by atoms with E-state index in [9.17, 15) is 4.79 Å². The first-order valence-corrected chi connectivity index (χ1v) is 11.4. The second kappa shape index (κ2) is 8.69. The Labute approximate surface area is 192 Å². The van der Waals surface area contributed by atoms with E-state index < -0.39 is 0 Å². The molecule has 4 aromatic rings. The van der Waals surface area contributed by atoms with E-state index in [-0.39, 0.29) is 11.9 Å². The number of esters is 1. The average Bonchev–Trinajstić information content (AvgIpc) is 3.44. The largest absolute Gasteiger partial charge is 0.462 e. The molecule has 1 atom stereocenters. The fraction of sp³-hybridized carbons (Fsp3) is 0.360. The molecule has 3 aromatic heterocycles. The van der Waals surface area contributed by atoms with Crippen LogP contribution in [0.3, 0.4) is 0 Å². The van der Waals surface area contributed by atoms with Gasteiger partial charge in [-0.3, -0.25) is 4.68 Å². The smallest absolute Gasteiger partial charge is 0.341 e. The number of hydrogen-bond donors (Lipinski definition) is 1. The minimum absolute atomic E-state index is 0.228. The van der Waals surface area contributed by atoms with E-state index in [1.54, 1.807) is 10.9 Å². The van der Waals surface area contributed by atoms with Gasteiger partial charge < -0.3 is 14.6 Å². The van der Waals surface area contributed by atoms with Gasteiger partial charge in [-0.15, -0.1) is 0 Å². The first-order valence-electron chi connectivity index (χ1n) is 11.4. The molecule has 1 N–H and O–H groups in total. The highest BCUT2D eigenvalue weighted by molar-refractivity contribution is 6.05. The van der Waals surface area contributed by atoms with Crippen LogP contribution < -0.4 is 4.90 Å². The summed E-state index contributed by atoms with van der Waals surface area (Å²) in [5.74, 6) is 0.854. The van der Waals surface area contributed by atoms with E-state index in [0.29, 0.717) is 12.2 Å². The molecular formula is C25H28N6O2. The van der Waals surface area contributed by atoms with E-state index in [2.05, 4.69) is 32.1 Å². The van der Waals surface area contributed by atoms with E-state index in [4.69, 9.17) is 9.72 Å². The van der Waals surface area contributed by atoms with Gasteiger partial charge in [-0.25, -0.2) is 14.8 Å². The number of fused-ring (bicyclic) bond motifs is 1. The summed E-state index contributed by atoms with van der Waals surface area (Å²) < 4.78 is 7.13. The lowest BCUT2D eigenvalue weighted by Crippen LogP contribution is -2.36. The molecule has 1 aromatic carbocycles. The fourth-order valence-corrected chi connectivity index (χ4v) is 4.79. The van der Waals surface area contributed by atoms with Crippen molar-refractivity contribution in [2.75, 3.05) is 24.6 Å². The van der Waals surface area contributed by atoms with Crippen molar-refractivity contribution in [3.05, 3.63) is 59.8 Å². The van der Waals surface area contributed by atoms with Crippen LogP contribution >= 0.6 is 0 Å². The zero-order chi connectivity index (χ0) is 22.9. The van der Waals surface area contributed by atoms with Crippen LogP contribution in [0.15, 0.2) is 42.7 Å². The molecule has 8 nitrogen and oxygen atoms in total. The number of nitrogens with zero attached hydrogens (tertiary/aromatic N) is 5. The van der Waals surface area contributed by atoms with Crippen LogP contribution in [0.2, 0.25) is 0 Å². The van der Waals surface area contributed by atoms with Crippen LogP contribution in [-0.2, 0) is 11.8 Å². The van der Waals surface area contributed by atoms with Gasteiger partial charge in [0.25, 0.3) is 0 Å². The van der Waals surface area contributed by atoms with Crippen molar-refractivity contribution in [2.24, 2.45) is 7.05 Å². The monoisotopic (exact) mass is 444 g/mol. The second-order valence-electron chi connectivity index (χ2n) is 8.48. The number of aryl methyl sites for hydroxylation is 2. The van der Waals surface area contributed by atoms with Gasteiger partial charge in [0.05, 0.1) is 35.3 Å². The Morgan fingerprint density at radius 3 is 2.82 bits per heavy atom. The maximum atomic E-state index is 12.8. The van der Waals surface area contributed by atoms with Gasteiger partial charge in [0.15, 0.2) is 5.65 Å². The Balaban J connectivity index is 1.52. The average molecular weight is 445 g/mol. The van der Waals surface area contributed by atoms with E-state index in [1.807, 2.05) is 45.3 Å². The van der Waals surface area contributed by atoms with Gasteiger partial charge in [0.2, 0.25) is 0 Å². The number of pyridine rings is 1. The predicted molar refractivity (Wildman–Crippen MR) is 127 cm³/mol. The third-order valence-corrected chi connectivity index (χ3v) is 6.30. The summed E-state index contributed by atoms with van der Waals surface area (Å²) in [6.45, 7) is 5.70.